The van der Waals surface area contributed by atoms with Gasteiger partial charge < -0.3 is 5.11 Å². The van der Waals surface area contributed by atoms with Crippen LogP contribution in [0.15, 0.2) is 48.9 Å². The van der Waals surface area contributed by atoms with Crippen molar-refractivity contribution in [1.82, 2.24) is 14.6 Å². The third-order valence-corrected chi connectivity index (χ3v) is 2.70. The highest BCUT2D eigenvalue weighted by Crippen LogP contribution is 2.20. The Morgan fingerprint density at radius 3 is 2.94 bits per heavy atom. The summed E-state index contributed by atoms with van der Waals surface area (Å²) in [5.41, 5.74) is 2.65. The van der Waals surface area contributed by atoms with Crippen LogP contribution >= 0.6 is 0 Å². The predicted molar refractivity (Wildman–Crippen MR) is 65.4 cm³/mol. The Kier molecular flexibility index (Phi) is 2.30. The Hall–Kier alpha value is -2.69. The minimum Gasteiger partial charge on any atom is -0.478 e. The molecule has 0 aliphatic heterocycles. The van der Waals surface area contributed by atoms with Gasteiger partial charge in [-0.3, -0.25) is 4.98 Å². The van der Waals surface area contributed by atoms with Crippen LogP contribution in [0.4, 0.5) is 0 Å². The maximum atomic E-state index is 10.9. The van der Waals surface area contributed by atoms with Crippen molar-refractivity contribution >= 4 is 11.5 Å². The molecule has 0 unspecified atom stereocenters. The highest BCUT2D eigenvalue weighted by atomic mass is 16.4. The van der Waals surface area contributed by atoms with Gasteiger partial charge in [-0.15, -0.1) is 0 Å². The summed E-state index contributed by atoms with van der Waals surface area (Å²) in [6.07, 6.45) is 4.66. The molecule has 1 N–H and O–H groups in total. The fourth-order valence-electron chi connectivity index (χ4n) is 1.87. The molecule has 0 amide bonds. The van der Waals surface area contributed by atoms with Crippen LogP contribution < -0.4 is 0 Å². The molecule has 0 spiro atoms. The monoisotopic (exact) mass is 239 g/mol. The summed E-state index contributed by atoms with van der Waals surface area (Å²) in [7, 11) is 0. The van der Waals surface area contributed by atoms with Gasteiger partial charge in [0.15, 0.2) is 0 Å². The number of aromatic nitrogens is 3. The maximum absolute atomic E-state index is 10.9. The Labute approximate surface area is 102 Å². The summed E-state index contributed by atoms with van der Waals surface area (Å²) in [4.78, 5) is 14.9. The van der Waals surface area contributed by atoms with Crippen LogP contribution in [0.25, 0.3) is 16.8 Å². The predicted octanol–water partition coefficient (Wildman–Crippen LogP) is 2.09. The van der Waals surface area contributed by atoms with E-state index in [1.165, 1.54) is 6.20 Å². The molecule has 0 fully saturated rings. The molecule has 3 heterocycles. The number of rotatable bonds is 2. The molecular weight excluding hydrogens is 230 g/mol. The van der Waals surface area contributed by atoms with E-state index in [0.717, 1.165) is 16.8 Å². The SMILES string of the molecule is O=C(O)c1cncc(-c2cccc3ccnn23)c1. The van der Waals surface area contributed by atoms with Gasteiger partial charge in [-0.05, 0) is 24.3 Å². The number of aromatic carboxylic acids is 1. The van der Waals surface area contributed by atoms with Crippen LogP contribution in [-0.2, 0) is 0 Å². The second-order valence-corrected chi connectivity index (χ2v) is 3.85. The van der Waals surface area contributed by atoms with Crippen molar-refractivity contribution in [3.63, 3.8) is 0 Å². The average molecular weight is 239 g/mol. The van der Waals surface area contributed by atoms with Crippen molar-refractivity contribution in [3.8, 4) is 11.3 Å². The molecule has 3 rings (SSSR count). The molecule has 18 heavy (non-hydrogen) atoms. The minimum absolute atomic E-state index is 0.164. The van der Waals surface area contributed by atoms with Crippen molar-refractivity contribution in [1.29, 1.82) is 0 Å². The van der Waals surface area contributed by atoms with Gasteiger partial charge in [-0.1, -0.05) is 6.07 Å². The summed E-state index contributed by atoms with van der Waals surface area (Å²) < 4.78 is 1.75. The van der Waals surface area contributed by atoms with Gasteiger partial charge in [0.25, 0.3) is 0 Å². The minimum atomic E-state index is -0.989. The van der Waals surface area contributed by atoms with E-state index in [9.17, 15) is 4.79 Å². The number of carboxylic acid groups (broad SMARTS) is 1. The molecule has 0 saturated carbocycles. The van der Waals surface area contributed by atoms with Crippen LogP contribution in [-0.4, -0.2) is 25.7 Å². The van der Waals surface area contributed by atoms with Gasteiger partial charge in [0.05, 0.1) is 23.0 Å². The summed E-state index contributed by atoms with van der Waals surface area (Å²) in [6, 6.07) is 9.19. The third kappa shape index (κ3) is 1.62. The van der Waals surface area contributed by atoms with Crippen molar-refractivity contribution in [2.75, 3.05) is 0 Å². The second kappa shape index (κ2) is 3.96. The fraction of sp³-hybridized carbons (Fsp3) is 0. The van der Waals surface area contributed by atoms with Gasteiger partial charge in [0.1, 0.15) is 0 Å². The van der Waals surface area contributed by atoms with Crippen molar-refractivity contribution in [3.05, 3.63) is 54.5 Å². The van der Waals surface area contributed by atoms with Gasteiger partial charge in [0, 0.05) is 18.0 Å². The Morgan fingerprint density at radius 1 is 1.22 bits per heavy atom. The summed E-state index contributed by atoms with van der Waals surface area (Å²) in [6.45, 7) is 0. The highest BCUT2D eigenvalue weighted by molar-refractivity contribution is 5.88. The largest absolute Gasteiger partial charge is 0.478 e. The van der Waals surface area contributed by atoms with E-state index in [1.807, 2.05) is 24.3 Å². The molecule has 0 aliphatic rings. The maximum Gasteiger partial charge on any atom is 0.337 e. The van der Waals surface area contributed by atoms with Crippen LogP contribution in [0.3, 0.4) is 0 Å². The third-order valence-electron chi connectivity index (χ3n) is 2.70. The topological polar surface area (TPSA) is 67.5 Å². The van der Waals surface area contributed by atoms with E-state index in [0.29, 0.717) is 0 Å². The summed E-state index contributed by atoms with van der Waals surface area (Å²) in [5, 5.41) is 13.2. The van der Waals surface area contributed by atoms with Gasteiger partial charge in [-0.25, -0.2) is 9.31 Å². The number of nitrogens with zero attached hydrogens (tertiary/aromatic N) is 3. The van der Waals surface area contributed by atoms with Crippen molar-refractivity contribution < 1.29 is 9.90 Å². The molecule has 0 radical (unpaired) electrons. The zero-order chi connectivity index (χ0) is 12.5. The van der Waals surface area contributed by atoms with Crippen LogP contribution in [0, 0.1) is 0 Å². The Morgan fingerprint density at radius 2 is 2.11 bits per heavy atom. The molecular formula is C13H9N3O2. The normalized spacial score (nSPS) is 10.7. The lowest BCUT2D eigenvalue weighted by Gasteiger charge is -2.05. The fourth-order valence-corrected chi connectivity index (χ4v) is 1.87. The van der Waals surface area contributed by atoms with Crippen molar-refractivity contribution in [2.24, 2.45) is 0 Å². The zero-order valence-electron chi connectivity index (χ0n) is 9.32. The lowest BCUT2D eigenvalue weighted by Crippen LogP contribution is -1.99. The zero-order valence-corrected chi connectivity index (χ0v) is 9.32. The molecule has 0 saturated heterocycles. The van der Waals surface area contributed by atoms with E-state index in [2.05, 4.69) is 10.1 Å². The molecule has 88 valence electrons. The first-order valence-electron chi connectivity index (χ1n) is 5.37. The first kappa shape index (κ1) is 10.5. The van der Waals surface area contributed by atoms with Gasteiger partial charge in [-0.2, -0.15) is 5.10 Å². The van der Waals surface area contributed by atoms with Gasteiger partial charge in [0.2, 0.25) is 0 Å². The van der Waals surface area contributed by atoms with E-state index < -0.39 is 5.97 Å². The first-order chi connectivity index (χ1) is 8.75. The first-order valence-corrected chi connectivity index (χ1v) is 5.37. The Bertz CT molecular complexity index is 734. The van der Waals surface area contributed by atoms with Gasteiger partial charge >= 0.3 is 5.97 Å². The second-order valence-electron chi connectivity index (χ2n) is 3.85. The highest BCUT2D eigenvalue weighted by Gasteiger charge is 2.08. The quantitative estimate of drug-likeness (QED) is 0.743. The molecule has 3 aromatic heterocycles. The van der Waals surface area contributed by atoms with Crippen molar-refractivity contribution in [2.45, 2.75) is 0 Å². The summed E-state index contributed by atoms with van der Waals surface area (Å²) >= 11 is 0. The summed E-state index contributed by atoms with van der Waals surface area (Å²) in [5.74, 6) is -0.989. The van der Waals surface area contributed by atoms with E-state index in [-0.39, 0.29) is 5.56 Å². The average Bonchev–Trinajstić information content (AvgIpc) is 2.87. The molecule has 0 aliphatic carbocycles. The van der Waals surface area contributed by atoms with Crippen LogP contribution in [0.5, 0.6) is 0 Å². The van der Waals surface area contributed by atoms with Crippen LogP contribution in [0.2, 0.25) is 0 Å². The number of carboxylic acids is 1. The molecule has 5 heteroatoms. The lowest BCUT2D eigenvalue weighted by atomic mass is 10.1. The van der Waals surface area contributed by atoms with E-state index in [1.54, 1.807) is 23.0 Å². The number of pyridine rings is 2. The van der Waals surface area contributed by atoms with Crippen LogP contribution in [0.1, 0.15) is 10.4 Å². The smallest absolute Gasteiger partial charge is 0.337 e. The number of hydrogen-bond donors (Lipinski definition) is 1. The number of carbonyl (C=O) groups is 1. The number of fused-ring (bicyclic) bond motifs is 1. The molecule has 0 aromatic carbocycles. The Balaban J connectivity index is 2.23. The number of hydrogen-bond acceptors (Lipinski definition) is 3. The standard InChI is InChI=1S/C13H9N3O2/c17-13(18)10-6-9(7-14-8-10)12-3-1-2-11-4-5-15-16(11)12/h1-8H,(H,17,18). The lowest BCUT2D eigenvalue weighted by molar-refractivity contribution is 0.0696. The molecule has 0 bridgehead atoms. The van der Waals surface area contributed by atoms with E-state index >= 15 is 0 Å². The molecule has 0 atom stereocenters. The molecule has 5 nitrogen and oxygen atoms in total. The van der Waals surface area contributed by atoms with E-state index in [4.69, 9.17) is 5.11 Å². The molecule has 3 aromatic rings.